The molecule has 1 aromatic heterocycles. The lowest BCUT2D eigenvalue weighted by atomic mass is 9.97. The molecule has 1 aromatic carbocycles. The Balaban J connectivity index is 0.000000202. The summed E-state index contributed by atoms with van der Waals surface area (Å²) in [5.41, 5.74) is 2.23. The van der Waals surface area contributed by atoms with E-state index in [9.17, 15) is 14.0 Å². The number of allylic oxidation sites excluding steroid dienone is 1. The standard InChI is InChI=1S/C12H16FN.C8H10N2O3S2.C7H12/c1-10-6-8-14(9-7-10)12-5-3-2-4-11(12)13;1-5(11)10-8-9-4-7(15-8)14-3-2-6(12)13;1-7-5-3-2-4-6-7/h2-5,10H,6-9H2,1H3;4H,2-3H2,1H3,(H,12,13)(H,9,10,11);1-6H2. The van der Waals surface area contributed by atoms with Crippen molar-refractivity contribution in [3.8, 4) is 0 Å². The van der Waals surface area contributed by atoms with Gasteiger partial charge in [0.2, 0.25) is 5.91 Å². The first-order valence-electron chi connectivity index (χ1n) is 12.5. The predicted octanol–water partition coefficient (Wildman–Crippen LogP) is 7.24. The van der Waals surface area contributed by atoms with Crippen LogP contribution in [-0.4, -0.2) is 40.8 Å². The molecule has 2 N–H and O–H groups in total. The zero-order chi connectivity index (χ0) is 26.3. The van der Waals surface area contributed by atoms with E-state index in [2.05, 4.69) is 28.7 Å². The third-order valence-corrected chi connectivity index (χ3v) is 7.97. The second-order valence-electron chi connectivity index (χ2n) is 9.09. The predicted molar refractivity (Wildman–Crippen MR) is 149 cm³/mol. The smallest absolute Gasteiger partial charge is 0.304 e. The summed E-state index contributed by atoms with van der Waals surface area (Å²) in [4.78, 5) is 27.1. The molecule has 0 spiro atoms. The minimum Gasteiger partial charge on any atom is -0.481 e. The third kappa shape index (κ3) is 12.0. The number of aromatic nitrogens is 1. The van der Waals surface area contributed by atoms with Crippen molar-refractivity contribution < 1.29 is 19.1 Å². The lowest BCUT2D eigenvalue weighted by molar-refractivity contribution is -0.136. The Kier molecular flexibility index (Phi) is 13.6. The van der Waals surface area contributed by atoms with Crippen molar-refractivity contribution in [2.24, 2.45) is 5.92 Å². The molecule has 1 aliphatic heterocycles. The number of piperidine rings is 1. The molecule has 2 aromatic rings. The first-order chi connectivity index (χ1) is 17.2. The van der Waals surface area contributed by atoms with Crippen molar-refractivity contribution in [3.05, 3.63) is 48.4 Å². The van der Waals surface area contributed by atoms with Crippen LogP contribution in [0.15, 0.2) is 46.8 Å². The Morgan fingerprint density at radius 1 is 1.22 bits per heavy atom. The van der Waals surface area contributed by atoms with Gasteiger partial charge in [0, 0.05) is 25.8 Å². The highest BCUT2D eigenvalue weighted by molar-refractivity contribution is 8.01. The fourth-order valence-electron chi connectivity index (χ4n) is 3.78. The number of thioether (sulfide) groups is 1. The van der Waals surface area contributed by atoms with Crippen molar-refractivity contribution in [2.75, 3.05) is 29.1 Å². The van der Waals surface area contributed by atoms with Crippen LogP contribution in [0, 0.1) is 11.7 Å². The minimum absolute atomic E-state index is 0.0953. The maximum Gasteiger partial charge on any atom is 0.304 e. The summed E-state index contributed by atoms with van der Waals surface area (Å²) < 4.78 is 14.3. The van der Waals surface area contributed by atoms with Crippen LogP contribution in [-0.2, 0) is 9.59 Å². The highest BCUT2D eigenvalue weighted by Crippen LogP contribution is 2.28. The first-order valence-corrected chi connectivity index (χ1v) is 14.3. The summed E-state index contributed by atoms with van der Waals surface area (Å²) in [5.74, 6) is 0.234. The van der Waals surface area contributed by atoms with Crippen LogP contribution in [0.4, 0.5) is 15.2 Å². The first kappa shape index (κ1) is 29.8. The quantitative estimate of drug-likeness (QED) is 0.300. The van der Waals surface area contributed by atoms with Crippen molar-refractivity contribution in [2.45, 2.75) is 69.4 Å². The number of nitrogens with one attached hydrogen (secondary N) is 1. The number of aliphatic carboxylic acids is 1. The number of carboxylic acid groups (broad SMARTS) is 1. The zero-order valence-corrected chi connectivity index (χ0v) is 22.9. The number of carboxylic acids is 1. The van der Waals surface area contributed by atoms with Crippen LogP contribution in [0.5, 0.6) is 0 Å². The second-order valence-corrected chi connectivity index (χ2v) is 11.5. The van der Waals surface area contributed by atoms with Crippen LogP contribution >= 0.6 is 23.1 Å². The SMILES string of the molecule is C=C1CCCCC1.CC(=O)Nc1ncc(SCCC(=O)O)s1.CC1CCN(c2ccccc2F)CC1. The van der Waals surface area contributed by atoms with Gasteiger partial charge >= 0.3 is 5.97 Å². The average Bonchev–Trinajstić information content (AvgIpc) is 3.27. The summed E-state index contributed by atoms with van der Waals surface area (Å²) in [7, 11) is 0. The van der Waals surface area contributed by atoms with E-state index in [-0.39, 0.29) is 18.1 Å². The van der Waals surface area contributed by atoms with Crippen LogP contribution in [0.3, 0.4) is 0 Å². The molecule has 1 saturated carbocycles. The van der Waals surface area contributed by atoms with Gasteiger partial charge in [-0.2, -0.15) is 0 Å². The maximum atomic E-state index is 13.4. The van der Waals surface area contributed by atoms with E-state index in [1.807, 2.05) is 12.1 Å². The number of carbonyl (C=O) groups is 2. The number of benzene rings is 1. The third-order valence-electron chi connectivity index (χ3n) is 5.87. The fourth-order valence-corrected chi connectivity index (χ4v) is 5.71. The number of carbonyl (C=O) groups excluding carboxylic acids is 1. The molecule has 36 heavy (non-hydrogen) atoms. The molecule has 0 bridgehead atoms. The summed E-state index contributed by atoms with van der Waals surface area (Å²) in [6, 6.07) is 7.04. The monoisotopic (exact) mass is 535 g/mol. The van der Waals surface area contributed by atoms with Crippen LogP contribution in [0.2, 0.25) is 0 Å². The molecule has 6 nitrogen and oxygen atoms in total. The summed E-state index contributed by atoms with van der Waals surface area (Å²) in [6.45, 7) is 9.57. The van der Waals surface area contributed by atoms with Crippen LogP contribution < -0.4 is 10.2 Å². The zero-order valence-electron chi connectivity index (χ0n) is 21.3. The molecule has 2 fully saturated rings. The molecule has 2 heterocycles. The van der Waals surface area contributed by atoms with Gasteiger partial charge in [-0.15, -0.1) is 11.8 Å². The van der Waals surface area contributed by atoms with E-state index >= 15 is 0 Å². The molecule has 0 radical (unpaired) electrons. The summed E-state index contributed by atoms with van der Waals surface area (Å²) in [6.07, 6.45) is 10.9. The molecule has 2 aliphatic rings. The molecular weight excluding hydrogens is 497 g/mol. The Morgan fingerprint density at radius 3 is 2.44 bits per heavy atom. The van der Waals surface area contributed by atoms with Gasteiger partial charge in [0.05, 0.1) is 22.5 Å². The number of anilines is 2. The molecule has 9 heteroatoms. The molecule has 198 valence electrons. The highest BCUT2D eigenvalue weighted by atomic mass is 32.2. The Hall–Kier alpha value is -2.39. The summed E-state index contributed by atoms with van der Waals surface area (Å²) >= 11 is 2.76. The fraction of sp³-hybridized carbons (Fsp3) is 0.519. The van der Waals surface area contributed by atoms with Crippen molar-refractivity contribution in [1.29, 1.82) is 0 Å². The van der Waals surface area contributed by atoms with Gasteiger partial charge in [-0.25, -0.2) is 9.37 Å². The number of hydrogen-bond donors (Lipinski definition) is 2. The van der Waals surface area contributed by atoms with Crippen LogP contribution in [0.25, 0.3) is 0 Å². The van der Waals surface area contributed by atoms with Gasteiger partial charge in [0.25, 0.3) is 0 Å². The largest absolute Gasteiger partial charge is 0.481 e. The van der Waals surface area contributed by atoms with Crippen molar-refractivity contribution in [3.63, 3.8) is 0 Å². The van der Waals surface area contributed by atoms with E-state index in [0.717, 1.165) is 28.9 Å². The Bertz CT molecular complexity index is 967. The molecule has 0 atom stereocenters. The highest BCUT2D eigenvalue weighted by Gasteiger charge is 2.17. The molecule has 0 unspecified atom stereocenters. The topological polar surface area (TPSA) is 82.5 Å². The van der Waals surface area contributed by atoms with Gasteiger partial charge in [-0.1, -0.05) is 49.0 Å². The number of thiazole rings is 1. The number of amides is 1. The number of nitrogens with zero attached hydrogens (tertiary/aromatic N) is 2. The number of para-hydroxylation sites is 1. The summed E-state index contributed by atoms with van der Waals surface area (Å²) in [5, 5.41) is 11.5. The lowest BCUT2D eigenvalue weighted by Gasteiger charge is -2.32. The van der Waals surface area contributed by atoms with Crippen molar-refractivity contribution in [1.82, 2.24) is 4.98 Å². The van der Waals surface area contributed by atoms with Gasteiger partial charge < -0.3 is 15.3 Å². The minimum atomic E-state index is -0.811. The van der Waals surface area contributed by atoms with Gasteiger partial charge in [0.1, 0.15) is 5.82 Å². The van der Waals surface area contributed by atoms with Gasteiger partial charge in [-0.3, -0.25) is 9.59 Å². The Morgan fingerprint density at radius 2 is 1.89 bits per heavy atom. The maximum absolute atomic E-state index is 13.4. The molecule has 4 rings (SSSR count). The normalized spacial score (nSPS) is 15.8. The van der Waals surface area contributed by atoms with Gasteiger partial charge in [-0.05, 0) is 56.6 Å². The molecule has 1 amide bonds. The Labute approximate surface area is 222 Å². The van der Waals surface area contributed by atoms with Crippen molar-refractivity contribution >= 4 is 45.8 Å². The number of halogens is 1. The molecule has 1 aliphatic carbocycles. The van der Waals surface area contributed by atoms with E-state index in [1.54, 1.807) is 12.3 Å². The van der Waals surface area contributed by atoms with E-state index in [4.69, 9.17) is 5.11 Å². The molecular formula is C27H38FN3O3S2. The number of rotatable bonds is 6. The molecule has 1 saturated heterocycles. The number of hydrogen-bond acceptors (Lipinski definition) is 6. The second kappa shape index (κ2) is 16.4. The average molecular weight is 536 g/mol. The van der Waals surface area contributed by atoms with E-state index < -0.39 is 5.97 Å². The lowest BCUT2D eigenvalue weighted by Crippen LogP contribution is -2.33. The van der Waals surface area contributed by atoms with Gasteiger partial charge in [0.15, 0.2) is 5.13 Å². The van der Waals surface area contributed by atoms with E-state index in [0.29, 0.717) is 10.9 Å². The van der Waals surface area contributed by atoms with Crippen LogP contribution in [0.1, 0.15) is 65.2 Å². The van der Waals surface area contributed by atoms with E-state index in [1.165, 1.54) is 86.6 Å².